The molecule has 2 heterocycles. The van der Waals surface area contributed by atoms with E-state index in [4.69, 9.17) is 11.6 Å². The molecule has 21 heavy (non-hydrogen) atoms. The summed E-state index contributed by atoms with van der Waals surface area (Å²) < 4.78 is 1.71. The van der Waals surface area contributed by atoms with Gasteiger partial charge in [-0.1, -0.05) is 11.6 Å². The molecule has 1 fully saturated rings. The maximum atomic E-state index is 12.2. The molecule has 0 spiro atoms. The molecule has 5 nitrogen and oxygen atoms in total. The van der Waals surface area contributed by atoms with Gasteiger partial charge in [0, 0.05) is 29.9 Å². The van der Waals surface area contributed by atoms with Gasteiger partial charge in [-0.05, 0) is 43.7 Å². The molecular formula is C15H17ClN4O. The lowest BCUT2D eigenvalue weighted by molar-refractivity contribution is -0.116. The Morgan fingerprint density at radius 3 is 3.14 bits per heavy atom. The van der Waals surface area contributed by atoms with Crippen LogP contribution in [0.15, 0.2) is 36.7 Å². The summed E-state index contributed by atoms with van der Waals surface area (Å²) in [6, 6.07) is 7.49. The minimum absolute atomic E-state index is 0.00919. The molecule has 0 radical (unpaired) electrons. The SMILES string of the molecule is O=C(CC1CCCN1)Nc1cc(Cl)ccc1-n1cccn1. The number of aromatic nitrogens is 2. The Morgan fingerprint density at radius 2 is 2.43 bits per heavy atom. The smallest absolute Gasteiger partial charge is 0.225 e. The van der Waals surface area contributed by atoms with Crippen LogP contribution < -0.4 is 10.6 Å². The van der Waals surface area contributed by atoms with Crippen molar-refractivity contribution in [1.29, 1.82) is 0 Å². The van der Waals surface area contributed by atoms with Gasteiger partial charge in [-0.2, -0.15) is 5.10 Å². The summed E-state index contributed by atoms with van der Waals surface area (Å²) in [6.45, 7) is 0.994. The van der Waals surface area contributed by atoms with Gasteiger partial charge >= 0.3 is 0 Å². The van der Waals surface area contributed by atoms with E-state index in [1.54, 1.807) is 23.0 Å². The molecule has 0 bridgehead atoms. The van der Waals surface area contributed by atoms with Crippen molar-refractivity contribution in [3.63, 3.8) is 0 Å². The highest BCUT2D eigenvalue weighted by atomic mass is 35.5. The van der Waals surface area contributed by atoms with Crippen LogP contribution in [0.4, 0.5) is 5.69 Å². The number of benzene rings is 1. The Hall–Kier alpha value is -1.85. The predicted molar refractivity (Wildman–Crippen MR) is 82.8 cm³/mol. The first kappa shape index (κ1) is 14.1. The van der Waals surface area contributed by atoms with Gasteiger partial charge in [-0.25, -0.2) is 4.68 Å². The van der Waals surface area contributed by atoms with Gasteiger partial charge in [0.2, 0.25) is 5.91 Å². The van der Waals surface area contributed by atoms with Crippen molar-refractivity contribution in [3.8, 4) is 5.69 Å². The number of nitrogens with one attached hydrogen (secondary N) is 2. The second-order valence-corrected chi connectivity index (χ2v) is 5.59. The average Bonchev–Trinajstić information content (AvgIpc) is 3.11. The van der Waals surface area contributed by atoms with Crippen LogP contribution in [-0.2, 0) is 4.79 Å². The Kier molecular flexibility index (Phi) is 4.22. The van der Waals surface area contributed by atoms with Crippen LogP contribution in [0.3, 0.4) is 0 Å². The first-order valence-electron chi connectivity index (χ1n) is 7.05. The van der Waals surface area contributed by atoms with Crippen LogP contribution in [0.5, 0.6) is 0 Å². The lowest BCUT2D eigenvalue weighted by Gasteiger charge is -2.14. The van der Waals surface area contributed by atoms with Gasteiger partial charge < -0.3 is 10.6 Å². The van der Waals surface area contributed by atoms with Gasteiger partial charge in [-0.15, -0.1) is 0 Å². The van der Waals surface area contributed by atoms with Gasteiger partial charge in [0.05, 0.1) is 11.4 Å². The van der Waals surface area contributed by atoms with E-state index < -0.39 is 0 Å². The van der Waals surface area contributed by atoms with Crippen molar-refractivity contribution in [2.45, 2.75) is 25.3 Å². The van der Waals surface area contributed by atoms with Crippen molar-refractivity contribution >= 4 is 23.2 Å². The lowest BCUT2D eigenvalue weighted by atomic mass is 10.1. The summed E-state index contributed by atoms with van der Waals surface area (Å²) in [5, 5.41) is 11.0. The van der Waals surface area contributed by atoms with Crippen LogP contribution in [0.25, 0.3) is 5.69 Å². The second-order valence-electron chi connectivity index (χ2n) is 5.16. The largest absolute Gasteiger partial charge is 0.324 e. The third-order valence-electron chi connectivity index (χ3n) is 3.58. The summed E-state index contributed by atoms with van der Waals surface area (Å²) in [6.07, 6.45) is 6.19. The molecule has 110 valence electrons. The third kappa shape index (κ3) is 3.43. The molecule has 1 aliphatic heterocycles. The number of hydrogen-bond acceptors (Lipinski definition) is 3. The van der Waals surface area contributed by atoms with Crippen molar-refractivity contribution in [1.82, 2.24) is 15.1 Å². The maximum absolute atomic E-state index is 12.2. The summed E-state index contributed by atoms with van der Waals surface area (Å²) in [4.78, 5) is 12.2. The van der Waals surface area contributed by atoms with Crippen molar-refractivity contribution in [2.24, 2.45) is 0 Å². The van der Waals surface area contributed by atoms with Crippen LogP contribution in [-0.4, -0.2) is 28.3 Å². The van der Waals surface area contributed by atoms with E-state index in [9.17, 15) is 4.79 Å². The number of hydrogen-bond donors (Lipinski definition) is 2. The van der Waals surface area contributed by atoms with E-state index in [1.165, 1.54) is 0 Å². The summed E-state index contributed by atoms with van der Waals surface area (Å²) in [5.41, 5.74) is 1.48. The molecule has 1 atom stereocenters. The molecule has 1 saturated heterocycles. The first-order chi connectivity index (χ1) is 10.2. The molecule has 6 heteroatoms. The fourth-order valence-corrected chi connectivity index (χ4v) is 2.75. The number of carbonyl (C=O) groups excluding carboxylic acids is 1. The summed E-state index contributed by atoms with van der Waals surface area (Å²) in [5.74, 6) is -0.00919. The van der Waals surface area contributed by atoms with Crippen molar-refractivity contribution < 1.29 is 4.79 Å². The molecule has 1 aromatic heterocycles. The zero-order valence-electron chi connectivity index (χ0n) is 11.6. The quantitative estimate of drug-likeness (QED) is 0.913. The molecule has 1 aromatic carbocycles. The minimum Gasteiger partial charge on any atom is -0.324 e. The van der Waals surface area contributed by atoms with Crippen LogP contribution >= 0.6 is 11.6 Å². The molecule has 2 aromatic rings. The number of anilines is 1. The maximum Gasteiger partial charge on any atom is 0.225 e. The van der Waals surface area contributed by atoms with Gasteiger partial charge in [0.25, 0.3) is 0 Å². The topological polar surface area (TPSA) is 59.0 Å². The number of amides is 1. The Bertz CT molecular complexity index is 621. The number of nitrogens with zero attached hydrogens (tertiary/aromatic N) is 2. The minimum atomic E-state index is -0.00919. The zero-order chi connectivity index (χ0) is 14.7. The van der Waals surface area contributed by atoms with Gasteiger partial charge in [-0.3, -0.25) is 4.79 Å². The Labute approximate surface area is 128 Å². The predicted octanol–water partition coefficient (Wildman–Crippen LogP) is 2.61. The van der Waals surface area contributed by atoms with Gasteiger partial charge in [0.15, 0.2) is 0 Å². The fourth-order valence-electron chi connectivity index (χ4n) is 2.58. The Balaban J connectivity index is 1.77. The average molecular weight is 305 g/mol. The van der Waals surface area contributed by atoms with E-state index in [-0.39, 0.29) is 11.9 Å². The normalized spacial score (nSPS) is 17.9. The standard InChI is InChI=1S/C15H17ClN4O/c16-11-4-5-14(20-8-2-7-18-20)13(9-11)19-15(21)10-12-3-1-6-17-12/h2,4-5,7-9,12,17H,1,3,6,10H2,(H,19,21). The summed E-state index contributed by atoms with van der Waals surface area (Å²) in [7, 11) is 0. The highest BCUT2D eigenvalue weighted by molar-refractivity contribution is 6.31. The number of halogens is 1. The van der Waals surface area contributed by atoms with E-state index >= 15 is 0 Å². The fraction of sp³-hybridized carbons (Fsp3) is 0.333. The van der Waals surface area contributed by atoms with Crippen molar-refractivity contribution in [2.75, 3.05) is 11.9 Å². The molecular weight excluding hydrogens is 288 g/mol. The van der Waals surface area contributed by atoms with Gasteiger partial charge in [0.1, 0.15) is 0 Å². The Morgan fingerprint density at radius 1 is 1.52 bits per heavy atom. The third-order valence-corrected chi connectivity index (χ3v) is 3.81. The van der Waals surface area contributed by atoms with E-state index in [2.05, 4.69) is 15.7 Å². The summed E-state index contributed by atoms with van der Waals surface area (Å²) >= 11 is 6.04. The monoisotopic (exact) mass is 304 g/mol. The molecule has 0 aliphatic carbocycles. The molecule has 1 aliphatic rings. The second kappa shape index (κ2) is 6.28. The van der Waals surface area contributed by atoms with Crippen LogP contribution in [0.1, 0.15) is 19.3 Å². The molecule has 2 N–H and O–H groups in total. The highest BCUT2D eigenvalue weighted by Gasteiger charge is 2.18. The number of rotatable bonds is 4. The zero-order valence-corrected chi connectivity index (χ0v) is 12.3. The van der Waals surface area contributed by atoms with E-state index in [0.717, 1.165) is 25.1 Å². The first-order valence-corrected chi connectivity index (χ1v) is 7.43. The number of carbonyl (C=O) groups is 1. The molecule has 1 amide bonds. The van der Waals surface area contributed by atoms with Crippen LogP contribution in [0, 0.1) is 0 Å². The molecule has 1 unspecified atom stereocenters. The van der Waals surface area contributed by atoms with E-state index in [1.807, 2.05) is 18.3 Å². The highest BCUT2D eigenvalue weighted by Crippen LogP contribution is 2.24. The van der Waals surface area contributed by atoms with Crippen LogP contribution in [0.2, 0.25) is 5.02 Å². The van der Waals surface area contributed by atoms with Crippen molar-refractivity contribution in [3.05, 3.63) is 41.7 Å². The molecule has 3 rings (SSSR count). The lowest BCUT2D eigenvalue weighted by Crippen LogP contribution is -2.27. The molecule has 0 saturated carbocycles. The van der Waals surface area contributed by atoms with E-state index in [0.29, 0.717) is 17.1 Å².